The quantitative estimate of drug-likeness (QED) is 0.696. The number of benzene rings is 2. The van der Waals surface area contributed by atoms with Crippen molar-refractivity contribution in [1.29, 1.82) is 0 Å². The molecule has 0 aliphatic carbocycles. The Balaban J connectivity index is 1.41. The Morgan fingerprint density at radius 2 is 1.72 bits per heavy atom. The third-order valence-electron chi connectivity index (χ3n) is 5.95. The Hall–Kier alpha value is -3.49. The van der Waals surface area contributed by atoms with Gasteiger partial charge in [0.2, 0.25) is 5.91 Å². The summed E-state index contributed by atoms with van der Waals surface area (Å²) in [7, 11) is 0. The van der Waals surface area contributed by atoms with Crippen LogP contribution in [0.5, 0.6) is 0 Å². The van der Waals surface area contributed by atoms with Crippen LogP contribution in [0.1, 0.15) is 31.7 Å². The maximum atomic E-state index is 13.6. The van der Waals surface area contributed by atoms with Crippen molar-refractivity contribution in [3.63, 3.8) is 0 Å². The van der Waals surface area contributed by atoms with Crippen LogP contribution in [0.3, 0.4) is 0 Å². The smallest absolute Gasteiger partial charge is 0.325 e. The Labute approximate surface area is 184 Å². The fourth-order valence-corrected chi connectivity index (χ4v) is 4.10. The van der Waals surface area contributed by atoms with E-state index in [4.69, 9.17) is 0 Å². The number of nitrogens with zero attached hydrogens (tertiary/aromatic N) is 2. The first-order valence-corrected chi connectivity index (χ1v) is 10.5. The zero-order valence-electron chi connectivity index (χ0n) is 17.7. The summed E-state index contributed by atoms with van der Waals surface area (Å²) in [6, 6.07) is 9.60. The normalized spacial score (nSPS) is 21.0. The molecule has 32 heavy (non-hydrogen) atoms. The van der Waals surface area contributed by atoms with Gasteiger partial charge in [0, 0.05) is 24.5 Å². The number of piperidine rings is 1. The lowest BCUT2D eigenvalue weighted by Crippen LogP contribution is -2.42. The van der Waals surface area contributed by atoms with Gasteiger partial charge >= 0.3 is 6.03 Å². The Kier molecular flexibility index (Phi) is 5.82. The lowest BCUT2D eigenvalue weighted by Gasteiger charge is -2.28. The van der Waals surface area contributed by atoms with Crippen LogP contribution in [0.2, 0.25) is 0 Å². The molecular formula is C23H24F2N4O3. The van der Waals surface area contributed by atoms with Crippen LogP contribution in [-0.2, 0) is 15.1 Å². The molecule has 2 aliphatic rings. The van der Waals surface area contributed by atoms with Crippen molar-refractivity contribution >= 4 is 29.2 Å². The van der Waals surface area contributed by atoms with E-state index in [0.717, 1.165) is 48.7 Å². The summed E-state index contributed by atoms with van der Waals surface area (Å²) >= 11 is 0. The average Bonchev–Trinajstić information content (AvgIpc) is 3.00. The van der Waals surface area contributed by atoms with E-state index in [1.807, 2.05) is 12.1 Å². The molecule has 2 N–H and O–H groups in total. The molecule has 9 heteroatoms. The summed E-state index contributed by atoms with van der Waals surface area (Å²) < 4.78 is 26.9. The van der Waals surface area contributed by atoms with Gasteiger partial charge in [0.15, 0.2) is 11.6 Å². The van der Waals surface area contributed by atoms with Crippen LogP contribution >= 0.6 is 0 Å². The average molecular weight is 442 g/mol. The third kappa shape index (κ3) is 4.15. The van der Waals surface area contributed by atoms with Crippen LogP contribution in [0.15, 0.2) is 42.5 Å². The van der Waals surface area contributed by atoms with Crippen molar-refractivity contribution in [3.05, 3.63) is 59.7 Å². The molecule has 2 heterocycles. The van der Waals surface area contributed by atoms with Gasteiger partial charge in [-0.25, -0.2) is 13.6 Å². The fraction of sp³-hybridized carbons (Fsp3) is 0.348. The van der Waals surface area contributed by atoms with Crippen molar-refractivity contribution < 1.29 is 23.2 Å². The summed E-state index contributed by atoms with van der Waals surface area (Å²) in [5, 5.41) is 5.15. The molecule has 4 amide bonds. The largest absolute Gasteiger partial charge is 0.372 e. The standard InChI is InChI=1S/C23H24F2N4O3/c1-23(15-5-10-18(24)19(25)13-15)21(31)29(22(32)27-23)14-20(30)26-16-6-8-17(9-7-16)28-11-3-2-4-12-28/h5-10,13H,2-4,11-12,14H2,1H3,(H,26,30)(H,27,32). The molecule has 168 valence electrons. The zero-order valence-corrected chi connectivity index (χ0v) is 17.7. The lowest BCUT2D eigenvalue weighted by molar-refractivity contribution is -0.133. The van der Waals surface area contributed by atoms with Crippen molar-refractivity contribution in [2.75, 3.05) is 29.9 Å². The van der Waals surface area contributed by atoms with Crippen molar-refractivity contribution in [2.24, 2.45) is 0 Å². The van der Waals surface area contributed by atoms with Gasteiger partial charge in [-0.3, -0.25) is 14.5 Å². The molecule has 7 nitrogen and oxygen atoms in total. The first kappa shape index (κ1) is 21.7. The molecule has 1 atom stereocenters. The minimum absolute atomic E-state index is 0.0889. The predicted molar refractivity (Wildman–Crippen MR) is 115 cm³/mol. The van der Waals surface area contributed by atoms with Gasteiger partial charge in [-0.05, 0) is 68.1 Å². The number of carbonyl (C=O) groups is 3. The zero-order chi connectivity index (χ0) is 22.9. The van der Waals surface area contributed by atoms with Gasteiger partial charge < -0.3 is 15.5 Å². The second-order valence-corrected chi connectivity index (χ2v) is 8.22. The van der Waals surface area contributed by atoms with Crippen LogP contribution < -0.4 is 15.5 Å². The summed E-state index contributed by atoms with van der Waals surface area (Å²) in [5.74, 6) is -3.45. The van der Waals surface area contributed by atoms with Gasteiger partial charge in [0.25, 0.3) is 5.91 Å². The second kappa shape index (κ2) is 8.57. The van der Waals surface area contributed by atoms with E-state index < -0.39 is 41.6 Å². The van der Waals surface area contributed by atoms with Gasteiger partial charge in [-0.2, -0.15) is 0 Å². The van der Waals surface area contributed by atoms with E-state index in [9.17, 15) is 23.2 Å². The number of urea groups is 1. The molecule has 0 spiro atoms. The number of anilines is 2. The Morgan fingerprint density at radius 1 is 1.03 bits per heavy atom. The number of halogens is 2. The molecule has 2 aromatic carbocycles. The van der Waals surface area contributed by atoms with Crippen molar-refractivity contribution in [2.45, 2.75) is 31.7 Å². The van der Waals surface area contributed by atoms with Gasteiger partial charge in [0.05, 0.1) is 0 Å². The molecule has 0 saturated carbocycles. The molecule has 2 aromatic rings. The first-order valence-electron chi connectivity index (χ1n) is 10.5. The number of hydrogen-bond donors (Lipinski definition) is 2. The molecule has 0 bridgehead atoms. The topological polar surface area (TPSA) is 81.8 Å². The highest BCUT2D eigenvalue weighted by atomic mass is 19.2. The predicted octanol–water partition coefficient (Wildman–Crippen LogP) is 3.36. The van der Waals surface area contributed by atoms with Gasteiger partial charge in [0.1, 0.15) is 12.1 Å². The lowest BCUT2D eigenvalue weighted by atomic mass is 9.92. The van der Waals surface area contributed by atoms with Crippen LogP contribution in [0.4, 0.5) is 25.0 Å². The maximum Gasteiger partial charge on any atom is 0.325 e. The SMILES string of the molecule is CC1(c2ccc(F)c(F)c2)NC(=O)N(CC(=O)Nc2ccc(N3CCCCC3)cc2)C1=O. The molecule has 0 aromatic heterocycles. The number of nitrogens with one attached hydrogen (secondary N) is 2. The second-order valence-electron chi connectivity index (χ2n) is 8.22. The molecule has 1 unspecified atom stereocenters. The minimum Gasteiger partial charge on any atom is -0.372 e. The van der Waals surface area contributed by atoms with Crippen molar-refractivity contribution in [1.82, 2.24) is 10.2 Å². The molecule has 0 radical (unpaired) electrons. The number of amides is 4. The van der Waals surface area contributed by atoms with E-state index in [2.05, 4.69) is 15.5 Å². The summed E-state index contributed by atoms with van der Waals surface area (Å²) in [4.78, 5) is 40.8. The first-order chi connectivity index (χ1) is 15.3. The number of carbonyl (C=O) groups excluding carboxylic acids is 3. The third-order valence-corrected chi connectivity index (χ3v) is 5.95. The minimum atomic E-state index is -1.60. The van der Waals surface area contributed by atoms with E-state index in [0.29, 0.717) is 5.69 Å². The molecule has 2 fully saturated rings. The van der Waals surface area contributed by atoms with Crippen LogP contribution in [0, 0.1) is 11.6 Å². The van der Waals surface area contributed by atoms with Crippen LogP contribution in [-0.4, -0.2) is 42.4 Å². The maximum absolute atomic E-state index is 13.6. The molecule has 2 aliphatic heterocycles. The molecule has 2 saturated heterocycles. The monoisotopic (exact) mass is 442 g/mol. The Bertz CT molecular complexity index is 1050. The summed E-state index contributed by atoms with van der Waals surface area (Å²) in [5.41, 5.74) is 0.123. The fourth-order valence-electron chi connectivity index (χ4n) is 4.10. The highest BCUT2D eigenvalue weighted by Gasteiger charge is 2.49. The van der Waals surface area contributed by atoms with E-state index in [-0.39, 0.29) is 5.56 Å². The number of hydrogen-bond acceptors (Lipinski definition) is 4. The van der Waals surface area contributed by atoms with Crippen molar-refractivity contribution in [3.8, 4) is 0 Å². The van der Waals surface area contributed by atoms with Crippen LogP contribution in [0.25, 0.3) is 0 Å². The molecule has 4 rings (SSSR count). The van der Waals surface area contributed by atoms with E-state index in [1.165, 1.54) is 19.4 Å². The number of imide groups is 1. The summed E-state index contributed by atoms with van der Waals surface area (Å²) in [6.07, 6.45) is 3.56. The Morgan fingerprint density at radius 3 is 2.38 bits per heavy atom. The summed E-state index contributed by atoms with van der Waals surface area (Å²) in [6.45, 7) is 2.90. The van der Waals surface area contributed by atoms with Gasteiger partial charge in [-0.15, -0.1) is 0 Å². The number of rotatable bonds is 5. The van der Waals surface area contributed by atoms with E-state index in [1.54, 1.807) is 12.1 Å². The van der Waals surface area contributed by atoms with E-state index >= 15 is 0 Å². The molecular weight excluding hydrogens is 418 g/mol. The highest BCUT2D eigenvalue weighted by molar-refractivity contribution is 6.10. The highest BCUT2D eigenvalue weighted by Crippen LogP contribution is 2.30. The van der Waals surface area contributed by atoms with Gasteiger partial charge in [-0.1, -0.05) is 6.07 Å².